The molecule has 1 unspecified atom stereocenters. The summed E-state index contributed by atoms with van der Waals surface area (Å²) in [6.07, 6.45) is 1.08. The van der Waals surface area contributed by atoms with Gasteiger partial charge in [-0.2, -0.15) is 0 Å². The molecule has 3 rings (SSSR count). The number of ether oxygens (including phenoxy) is 3. The van der Waals surface area contributed by atoms with E-state index in [4.69, 9.17) is 14.2 Å². The van der Waals surface area contributed by atoms with Crippen LogP contribution in [0.5, 0.6) is 11.5 Å². The number of rotatable bonds is 10. The normalized spacial score (nSPS) is 16.2. The quantitative estimate of drug-likeness (QED) is 0.258. The number of hydrogen-bond acceptors (Lipinski definition) is 5. The summed E-state index contributed by atoms with van der Waals surface area (Å²) >= 11 is 0. The maximum Gasteiger partial charge on any atom is 0.191 e. The van der Waals surface area contributed by atoms with Crippen LogP contribution >= 0.6 is 24.0 Å². The van der Waals surface area contributed by atoms with E-state index in [1.165, 1.54) is 16.7 Å². The molecule has 33 heavy (non-hydrogen) atoms. The average Bonchev–Trinajstić information content (AvgIpc) is 3.27. The molecule has 0 amide bonds. The minimum Gasteiger partial charge on any atom is -0.497 e. The van der Waals surface area contributed by atoms with Crippen LogP contribution in [0.1, 0.15) is 30.0 Å². The molecule has 1 heterocycles. The first-order chi connectivity index (χ1) is 15.6. The molecule has 0 spiro atoms. The number of guanidine groups is 1. The van der Waals surface area contributed by atoms with Gasteiger partial charge in [0, 0.05) is 51.9 Å². The molecule has 1 saturated heterocycles. The molecule has 0 aliphatic carbocycles. The topological polar surface area (TPSA) is 67.4 Å². The first kappa shape index (κ1) is 27.2. The molecule has 7 nitrogen and oxygen atoms in total. The van der Waals surface area contributed by atoms with Crippen LogP contribution < -0.4 is 20.1 Å². The summed E-state index contributed by atoms with van der Waals surface area (Å²) in [5.41, 5.74) is 3.60. The number of nitrogens with one attached hydrogen (secondary N) is 2. The first-order valence-electron chi connectivity index (χ1n) is 11.2. The second-order valence-corrected chi connectivity index (χ2v) is 7.97. The van der Waals surface area contributed by atoms with Crippen molar-refractivity contribution >= 4 is 29.9 Å². The number of halogens is 1. The highest BCUT2D eigenvalue weighted by Crippen LogP contribution is 2.24. The van der Waals surface area contributed by atoms with E-state index in [1.807, 2.05) is 20.0 Å². The van der Waals surface area contributed by atoms with Gasteiger partial charge in [-0.1, -0.05) is 24.3 Å². The van der Waals surface area contributed by atoms with Crippen molar-refractivity contribution in [3.8, 4) is 11.5 Å². The van der Waals surface area contributed by atoms with Gasteiger partial charge >= 0.3 is 0 Å². The molecule has 0 saturated carbocycles. The van der Waals surface area contributed by atoms with Gasteiger partial charge in [-0.25, -0.2) is 0 Å². The third kappa shape index (κ3) is 8.68. The Balaban J connectivity index is 0.00000385. The molecular formula is C25H37IN4O3. The molecule has 1 aliphatic heterocycles. The number of benzene rings is 2. The van der Waals surface area contributed by atoms with Crippen LogP contribution in [0.2, 0.25) is 0 Å². The van der Waals surface area contributed by atoms with E-state index in [0.29, 0.717) is 12.6 Å². The number of aliphatic imine (C=N–C) groups is 1. The van der Waals surface area contributed by atoms with Crippen molar-refractivity contribution in [1.82, 2.24) is 15.5 Å². The van der Waals surface area contributed by atoms with Gasteiger partial charge in [-0.15, -0.1) is 24.0 Å². The van der Waals surface area contributed by atoms with Crippen molar-refractivity contribution in [3.05, 3.63) is 59.2 Å². The van der Waals surface area contributed by atoms with Crippen LogP contribution in [0.25, 0.3) is 0 Å². The average molecular weight is 569 g/mol. The summed E-state index contributed by atoms with van der Waals surface area (Å²) in [7, 11) is 5.18. The summed E-state index contributed by atoms with van der Waals surface area (Å²) < 4.78 is 16.2. The zero-order valence-electron chi connectivity index (χ0n) is 20.1. The smallest absolute Gasteiger partial charge is 0.191 e. The molecule has 0 aromatic heterocycles. The lowest BCUT2D eigenvalue weighted by Gasteiger charge is -2.19. The van der Waals surface area contributed by atoms with Crippen molar-refractivity contribution in [1.29, 1.82) is 0 Å². The molecule has 1 atom stereocenters. The van der Waals surface area contributed by atoms with Crippen LogP contribution in [-0.2, 0) is 24.4 Å². The largest absolute Gasteiger partial charge is 0.497 e. The zero-order valence-corrected chi connectivity index (χ0v) is 22.4. The van der Waals surface area contributed by atoms with Crippen LogP contribution in [-0.4, -0.2) is 57.9 Å². The fraction of sp³-hybridized carbons (Fsp3) is 0.480. The van der Waals surface area contributed by atoms with Gasteiger partial charge in [0.15, 0.2) is 5.96 Å². The maximum absolute atomic E-state index is 5.46. The maximum atomic E-state index is 5.46. The van der Waals surface area contributed by atoms with Gasteiger partial charge in [0.25, 0.3) is 0 Å². The Morgan fingerprint density at radius 1 is 1.03 bits per heavy atom. The summed E-state index contributed by atoms with van der Waals surface area (Å²) in [5.74, 6) is 2.48. The number of hydrogen-bond donors (Lipinski definition) is 2. The minimum atomic E-state index is 0. The monoisotopic (exact) mass is 568 g/mol. The van der Waals surface area contributed by atoms with Crippen molar-refractivity contribution in [3.63, 3.8) is 0 Å². The van der Waals surface area contributed by atoms with Gasteiger partial charge < -0.3 is 24.8 Å². The van der Waals surface area contributed by atoms with E-state index in [2.05, 4.69) is 56.9 Å². The van der Waals surface area contributed by atoms with E-state index in [0.717, 1.165) is 56.7 Å². The zero-order chi connectivity index (χ0) is 22.8. The van der Waals surface area contributed by atoms with E-state index in [9.17, 15) is 0 Å². The molecule has 182 valence electrons. The van der Waals surface area contributed by atoms with E-state index >= 15 is 0 Å². The number of methoxy groups -OCH3 is 2. The molecule has 2 N–H and O–H groups in total. The van der Waals surface area contributed by atoms with Crippen LogP contribution in [0.4, 0.5) is 0 Å². The van der Waals surface area contributed by atoms with Crippen LogP contribution in [0.15, 0.2) is 47.5 Å². The third-order valence-corrected chi connectivity index (χ3v) is 5.61. The van der Waals surface area contributed by atoms with Gasteiger partial charge in [-0.3, -0.25) is 9.89 Å². The standard InChI is InChI=1S/C25H36N4O3.HI/c1-5-32-18-20-8-6-19(7-9-20)15-27-25(26-2)28-22-10-11-29(17-22)16-21-12-23(30-3)14-24(13-21)31-4;/h6-9,12-14,22H,5,10-11,15-18H2,1-4H3,(H2,26,27,28);1H. The van der Waals surface area contributed by atoms with Crippen molar-refractivity contribution in [2.75, 3.05) is 41.0 Å². The highest BCUT2D eigenvalue weighted by Gasteiger charge is 2.23. The lowest BCUT2D eigenvalue weighted by molar-refractivity contribution is 0.134. The molecule has 2 aromatic rings. The molecule has 8 heteroatoms. The van der Waals surface area contributed by atoms with Crippen LogP contribution in [0.3, 0.4) is 0 Å². The Hall–Kier alpha value is -2.04. The van der Waals surface area contributed by atoms with Gasteiger partial charge in [0.2, 0.25) is 0 Å². The Bertz CT molecular complexity index is 854. The molecular weight excluding hydrogens is 531 g/mol. The SMILES string of the molecule is CCOCc1ccc(CNC(=NC)NC2CCN(Cc3cc(OC)cc(OC)c3)C2)cc1.I. The Morgan fingerprint density at radius 2 is 1.70 bits per heavy atom. The molecule has 2 aromatic carbocycles. The van der Waals surface area contributed by atoms with E-state index in [1.54, 1.807) is 14.2 Å². The second kappa shape index (κ2) is 14.3. The molecule has 0 bridgehead atoms. The molecule has 1 fully saturated rings. The number of nitrogens with zero attached hydrogens (tertiary/aromatic N) is 2. The van der Waals surface area contributed by atoms with Gasteiger partial charge in [-0.05, 0) is 42.2 Å². The summed E-state index contributed by atoms with van der Waals surface area (Å²) in [6.45, 7) is 7.00. The Morgan fingerprint density at radius 3 is 2.30 bits per heavy atom. The fourth-order valence-corrected chi connectivity index (χ4v) is 3.86. The van der Waals surface area contributed by atoms with Gasteiger partial charge in [0.1, 0.15) is 11.5 Å². The van der Waals surface area contributed by atoms with Crippen molar-refractivity contribution < 1.29 is 14.2 Å². The van der Waals surface area contributed by atoms with Crippen LogP contribution in [0, 0.1) is 0 Å². The first-order valence-corrected chi connectivity index (χ1v) is 11.2. The van der Waals surface area contributed by atoms with Gasteiger partial charge in [0.05, 0.1) is 20.8 Å². The summed E-state index contributed by atoms with van der Waals surface area (Å²) in [6, 6.07) is 14.9. The predicted octanol–water partition coefficient (Wildman–Crippen LogP) is 3.80. The van der Waals surface area contributed by atoms with E-state index in [-0.39, 0.29) is 24.0 Å². The second-order valence-electron chi connectivity index (χ2n) is 7.97. The lowest BCUT2D eigenvalue weighted by Crippen LogP contribution is -2.44. The summed E-state index contributed by atoms with van der Waals surface area (Å²) in [5, 5.41) is 6.99. The minimum absolute atomic E-state index is 0. The highest BCUT2D eigenvalue weighted by molar-refractivity contribution is 14.0. The van der Waals surface area contributed by atoms with Crippen molar-refractivity contribution in [2.24, 2.45) is 4.99 Å². The number of likely N-dealkylation sites (tertiary alicyclic amines) is 1. The third-order valence-electron chi connectivity index (χ3n) is 5.61. The highest BCUT2D eigenvalue weighted by atomic mass is 127. The summed E-state index contributed by atoms with van der Waals surface area (Å²) in [4.78, 5) is 6.84. The molecule has 1 aliphatic rings. The molecule has 0 radical (unpaired) electrons. The predicted molar refractivity (Wildman–Crippen MR) is 144 cm³/mol. The van der Waals surface area contributed by atoms with E-state index < -0.39 is 0 Å². The lowest BCUT2D eigenvalue weighted by atomic mass is 10.1. The fourth-order valence-electron chi connectivity index (χ4n) is 3.86. The van der Waals surface area contributed by atoms with Crippen molar-refractivity contribution in [2.45, 2.75) is 39.1 Å². The Labute approximate surface area is 214 Å². The Kier molecular flexibility index (Phi) is 11.8.